The summed E-state index contributed by atoms with van der Waals surface area (Å²) in [7, 11) is 0. The fourth-order valence-electron chi connectivity index (χ4n) is 3.56. The molecule has 0 aromatic rings. The number of amides is 2. The van der Waals surface area contributed by atoms with Crippen LogP contribution in [-0.2, 0) is 4.79 Å². The molecule has 0 bridgehead atoms. The van der Waals surface area contributed by atoms with Gasteiger partial charge < -0.3 is 15.3 Å². The molecule has 0 spiro atoms. The number of hydrogen-bond donors (Lipinski definition) is 2. The number of carbonyl (C=O) groups excluding carboxylic acids is 1. The Morgan fingerprint density at radius 2 is 1.90 bits per heavy atom. The molecule has 5 nitrogen and oxygen atoms in total. The molecule has 2 aliphatic rings. The first-order valence-electron chi connectivity index (χ1n) is 7.82. The number of nitrogens with one attached hydrogen (secondary N) is 1. The van der Waals surface area contributed by atoms with Gasteiger partial charge in [-0.1, -0.05) is 19.3 Å². The predicted octanol–water partition coefficient (Wildman–Crippen LogP) is 2.61. The lowest BCUT2D eigenvalue weighted by atomic mass is 9.66. The highest BCUT2D eigenvalue weighted by Crippen LogP contribution is 2.43. The third kappa shape index (κ3) is 3.44. The summed E-state index contributed by atoms with van der Waals surface area (Å²) in [5.74, 6) is -0.762. The molecule has 0 unspecified atom stereocenters. The lowest BCUT2D eigenvalue weighted by molar-refractivity contribution is -0.141. The lowest BCUT2D eigenvalue weighted by Crippen LogP contribution is -2.50. The summed E-state index contributed by atoms with van der Waals surface area (Å²) < 4.78 is 0. The maximum atomic E-state index is 12.3. The van der Waals surface area contributed by atoms with Crippen molar-refractivity contribution in [2.24, 2.45) is 5.41 Å². The number of carboxylic acid groups (broad SMARTS) is 1. The van der Waals surface area contributed by atoms with Gasteiger partial charge in [0.2, 0.25) is 0 Å². The molecule has 2 fully saturated rings. The van der Waals surface area contributed by atoms with Crippen LogP contribution in [0.25, 0.3) is 0 Å². The highest BCUT2D eigenvalue weighted by molar-refractivity contribution is 5.75. The van der Waals surface area contributed by atoms with Crippen LogP contribution >= 0.6 is 0 Å². The first-order valence-corrected chi connectivity index (χ1v) is 7.82. The van der Waals surface area contributed by atoms with Gasteiger partial charge in [0.25, 0.3) is 0 Å². The van der Waals surface area contributed by atoms with Gasteiger partial charge in [-0.05, 0) is 38.0 Å². The van der Waals surface area contributed by atoms with Crippen molar-refractivity contribution in [3.63, 3.8) is 0 Å². The van der Waals surface area contributed by atoms with Crippen molar-refractivity contribution in [3.8, 4) is 0 Å². The zero-order valence-corrected chi connectivity index (χ0v) is 12.4. The average Bonchev–Trinajstić information content (AvgIpc) is 2.86. The van der Waals surface area contributed by atoms with Crippen LogP contribution in [0.2, 0.25) is 0 Å². The molecule has 0 radical (unpaired) electrons. The van der Waals surface area contributed by atoms with Gasteiger partial charge in [0.05, 0.1) is 6.42 Å². The van der Waals surface area contributed by atoms with E-state index in [1.54, 1.807) is 0 Å². The molecule has 2 N–H and O–H groups in total. The summed E-state index contributed by atoms with van der Waals surface area (Å²) in [6.45, 7) is 3.23. The first-order chi connectivity index (χ1) is 9.56. The minimum atomic E-state index is -0.762. The van der Waals surface area contributed by atoms with E-state index in [1.807, 2.05) is 11.8 Å². The molecule has 2 saturated carbocycles. The van der Waals surface area contributed by atoms with Crippen molar-refractivity contribution in [3.05, 3.63) is 0 Å². The van der Waals surface area contributed by atoms with Crippen molar-refractivity contribution >= 4 is 12.0 Å². The topological polar surface area (TPSA) is 69.6 Å². The molecule has 0 atom stereocenters. The van der Waals surface area contributed by atoms with Gasteiger partial charge in [0.1, 0.15) is 0 Å². The largest absolute Gasteiger partial charge is 0.481 e. The molecule has 2 aliphatic carbocycles. The van der Waals surface area contributed by atoms with Crippen LogP contribution in [0.3, 0.4) is 0 Å². The number of carboxylic acids is 1. The molecule has 2 amide bonds. The highest BCUT2D eigenvalue weighted by Gasteiger charge is 2.39. The molecular weight excluding hydrogens is 256 g/mol. The third-order valence-corrected chi connectivity index (χ3v) is 4.92. The van der Waals surface area contributed by atoms with E-state index in [2.05, 4.69) is 5.32 Å². The maximum absolute atomic E-state index is 12.3. The van der Waals surface area contributed by atoms with E-state index < -0.39 is 5.97 Å². The Kier molecular flexibility index (Phi) is 4.89. The Morgan fingerprint density at radius 1 is 1.25 bits per heavy atom. The summed E-state index contributed by atoms with van der Waals surface area (Å²) in [5.41, 5.74) is -0.198. The molecular formula is C15H26N2O3. The Hall–Kier alpha value is -1.26. The van der Waals surface area contributed by atoms with Gasteiger partial charge in [-0.15, -0.1) is 0 Å². The first kappa shape index (κ1) is 15.1. The van der Waals surface area contributed by atoms with E-state index in [1.165, 1.54) is 12.8 Å². The average molecular weight is 282 g/mol. The molecule has 2 rings (SSSR count). The van der Waals surface area contributed by atoms with Crippen LogP contribution in [0.1, 0.15) is 58.3 Å². The number of urea groups is 1. The van der Waals surface area contributed by atoms with Crippen molar-refractivity contribution in [1.82, 2.24) is 10.2 Å². The summed E-state index contributed by atoms with van der Waals surface area (Å²) in [5, 5.41) is 12.0. The fraction of sp³-hybridized carbons (Fsp3) is 0.867. The van der Waals surface area contributed by atoms with Gasteiger partial charge >= 0.3 is 12.0 Å². The van der Waals surface area contributed by atoms with E-state index >= 15 is 0 Å². The summed E-state index contributed by atoms with van der Waals surface area (Å²) in [6.07, 6.45) is 7.67. The molecule has 0 saturated heterocycles. The second-order valence-electron chi connectivity index (χ2n) is 6.31. The normalized spacial score (nSPS) is 21.2. The minimum absolute atomic E-state index is 0.0175. The number of aliphatic carboxylic acids is 1. The van der Waals surface area contributed by atoms with Crippen LogP contribution in [0.4, 0.5) is 4.79 Å². The second kappa shape index (κ2) is 6.46. The molecule has 20 heavy (non-hydrogen) atoms. The molecule has 0 aliphatic heterocycles. The number of rotatable bonds is 6. The molecule has 0 aromatic heterocycles. The lowest BCUT2D eigenvalue weighted by Gasteiger charge is -2.41. The van der Waals surface area contributed by atoms with Gasteiger partial charge in [0.15, 0.2) is 0 Å². The highest BCUT2D eigenvalue weighted by atomic mass is 16.4. The van der Waals surface area contributed by atoms with Crippen molar-refractivity contribution in [1.29, 1.82) is 0 Å². The smallest absolute Gasteiger partial charge is 0.317 e. The SMILES string of the molecule is CCN(C(=O)NCC1(CC(=O)O)CCC1)C1CCCC1. The van der Waals surface area contributed by atoms with E-state index in [0.29, 0.717) is 12.6 Å². The number of carbonyl (C=O) groups is 2. The monoisotopic (exact) mass is 282 g/mol. The minimum Gasteiger partial charge on any atom is -0.481 e. The molecule has 0 heterocycles. The van der Waals surface area contributed by atoms with Gasteiger partial charge in [-0.2, -0.15) is 0 Å². The maximum Gasteiger partial charge on any atom is 0.317 e. The van der Waals surface area contributed by atoms with Gasteiger partial charge in [-0.3, -0.25) is 4.79 Å². The van der Waals surface area contributed by atoms with Crippen LogP contribution in [0.5, 0.6) is 0 Å². The van der Waals surface area contributed by atoms with Crippen LogP contribution in [-0.4, -0.2) is 41.1 Å². The summed E-state index contributed by atoms with van der Waals surface area (Å²) >= 11 is 0. The zero-order chi connectivity index (χ0) is 14.6. The van der Waals surface area contributed by atoms with Crippen molar-refractivity contribution < 1.29 is 14.7 Å². The van der Waals surface area contributed by atoms with Crippen LogP contribution in [0.15, 0.2) is 0 Å². The van der Waals surface area contributed by atoms with Crippen molar-refractivity contribution in [2.45, 2.75) is 64.3 Å². The van der Waals surface area contributed by atoms with E-state index in [4.69, 9.17) is 5.11 Å². The predicted molar refractivity (Wildman–Crippen MR) is 76.6 cm³/mol. The van der Waals surface area contributed by atoms with E-state index in [0.717, 1.165) is 38.6 Å². The molecule has 0 aromatic carbocycles. The van der Waals surface area contributed by atoms with Crippen LogP contribution in [0, 0.1) is 5.41 Å². The Bertz CT molecular complexity index is 360. The van der Waals surface area contributed by atoms with E-state index in [-0.39, 0.29) is 17.9 Å². The fourth-order valence-corrected chi connectivity index (χ4v) is 3.56. The molecule has 114 valence electrons. The molecule has 5 heteroatoms. The zero-order valence-electron chi connectivity index (χ0n) is 12.4. The number of nitrogens with zero attached hydrogens (tertiary/aromatic N) is 1. The quantitative estimate of drug-likeness (QED) is 0.786. The summed E-state index contributed by atoms with van der Waals surface area (Å²) in [4.78, 5) is 25.1. The second-order valence-corrected chi connectivity index (χ2v) is 6.31. The third-order valence-electron chi connectivity index (χ3n) is 4.92. The van der Waals surface area contributed by atoms with E-state index in [9.17, 15) is 9.59 Å². The Labute approximate surface area is 120 Å². The number of hydrogen-bond acceptors (Lipinski definition) is 2. The standard InChI is InChI=1S/C15H26N2O3/c1-2-17(12-6-3-4-7-12)14(20)16-11-15(8-5-9-15)10-13(18)19/h12H,2-11H2,1H3,(H,16,20)(H,18,19). The van der Waals surface area contributed by atoms with Crippen molar-refractivity contribution in [2.75, 3.05) is 13.1 Å². The van der Waals surface area contributed by atoms with Gasteiger partial charge in [0, 0.05) is 19.1 Å². The summed E-state index contributed by atoms with van der Waals surface area (Å²) in [6, 6.07) is 0.355. The van der Waals surface area contributed by atoms with Crippen LogP contribution < -0.4 is 5.32 Å². The van der Waals surface area contributed by atoms with Gasteiger partial charge in [-0.25, -0.2) is 4.79 Å². The Balaban J connectivity index is 1.85. The Morgan fingerprint density at radius 3 is 2.35 bits per heavy atom.